The Morgan fingerprint density at radius 3 is 2.47 bits per heavy atom. The molecule has 1 aliphatic carbocycles. The zero-order valence-corrected chi connectivity index (χ0v) is 9.59. The molecule has 2 N–H and O–H groups in total. The van der Waals surface area contributed by atoms with Gasteiger partial charge in [0.15, 0.2) is 0 Å². The Kier molecular flexibility index (Phi) is 4.10. The Morgan fingerprint density at radius 2 is 2.13 bits per heavy atom. The first kappa shape index (κ1) is 12.4. The molecule has 1 saturated carbocycles. The van der Waals surface area contributed by atoms with Crippen LogP contribution in [0.15, 0.2) is 0 Å². The summed E-state index contributed by atoms with van der Waals surface area (Å²) in [5.74, 6) is -2.17. The zero-order valence-electron chi connectivity index (χ0n) is 8.77. The summed E-state index contributed by atoms with van der Waals surface area (Å²) in [4.78, 5) is 10.8. The van der Waals surface area contributed by atoms with E-state index < -0.39 is 21.7 Å². The summed E-state index contributed by atoms with van der Waals surface area (Å²) in [5.41, 5.74) is 0. The lowest BCUT2D eigenvalue weighted by molar-refractivity contribution is -0.140. The maximum Gasteiger partial charge on any atom is 0.308 e. The predicted molar refractivity (Wildman–Crippen MR) is 56.5 cm³/mol. The highest BCUT2D eigenvalue weighted by Crippen LogP contribution is 2.18. The molecule has 1 rings (SSSR count). The normalized spacial score (nSPS) is 19.5. The number of carboxylic acids is 1. The summed E-state index contributed by atoms with van der Waals surface area (Å²) in [7, 11) is -3.23. The van der Waals surface area contributed by atoms with Gasteiger partial charge in [-0.2, -0.15) is 0 Å². The molecular formula is C9H17NO4S. The number of hydrogen-bond acceptors (Lipinski definition) is 4. The number of aliphatic carboxylic acids is 1. The van der Waals surface area contributed by atoms with Gasteiger partial charge in [0.25, 0.3) is 0 Å². The highest BCUT2D eigenvalue weighted by atomic mass is 32.2. The molecule has 6 heteroatoms. The van der Waals surface area contributed by atoms with Crippen LogP contribution in [0.2, 0.25) is 0 Å². The van der Waals surface area contributed by atoms with Crippen LogP contribution >= 0.6 is 0 Å². The number of sulfone groups is 1. The van der Waals surface area contributed by atoms with E-state index in [0.717, 1.165) is 19.1 Å². The van der Waals surface area contributed by atoms with Crippen molar-refractivity contribution in [3.63, 3.8) is 0 Å². The molecule has 0 radical (unpaired) electrons. The van der Waals surface area contributed by atoms with Crippen LogP contribution in [0.1, 0.15) is 19.3 Å². The van der Waals surface area contributed by atoms with Gasteiger partial charge in [-0.1, -0.05) is 6.42 Å². The van der Waals surface area contributed by atoms with Crippen molar-refractivity contribution < 1.29 is 18.3 Å². The Labute approximate surface area is 89.8 Å². The first-order valence-electron chi connectivity index (χ1n) is 5.02. The van der Waals surface area contributed by atoms with Gasteiger partial charge in [-0.25, -0.2) is 8.42 Å². The second-order valence-electron chi connectivity index (χ2n) is 4.16. The Balaban J connectivity index is 2.39. The first-order valence-corrected chi connectivity index (χ1v) is 7.08. The minimum atomic E-state index is -3.23. The minimum absolute atomic E-state index is 0.243. The zero-order chi connectivity index (χ0) is 11.5. The number of hydrogen-bond donors (Lipinski definition) is 2. The van der Waals surface area contributed by atoms with E-state index in [2.05, 4.69) is 5.32 Å². The van der Waals surface area contributed by atoms with Crippen molar-refractivity contribution in [2.45, 2.75) is 25.3 Å². The van der Waals surface area contributed by atoms with Crippen LogP contribution in [0.3, 0.4) is 0 Å². The van der Waals surface area contributed by atoms with Crippen LogP contribution in [0.5, 0.6) is 0 Å². The molecule has 0 saturated heterocycles. The van der Waals surface area contributed by atoms with E-state index in [1.165, 1.54) is 6.42 Å². The van der Waals surface area contributed by atoms with E-state index in [1.807, 2.05) is 0 Å². The molecule has 0 aliphatic heterocycles. The van der Waals surface area contributed by atoms with E-state index in [4.69, 9.17) is 5.11 Å². The number of carboxylic acid groups (broad SMARTS) is 1. The van der Waals surface area contributed by atoms with Crippen molar-refractivity contribution in [2.24, 2.45) is 5.92 Å². The molecule has 0 bridgehead atoms. The summed E-state index contributed by atoms with van der Waals surface area (Å²) in [6.07, 6.45) is 4.35. The van der Waals surface area contributed by atoms with Crippen molar-refractivity contribution in [2.75, 3.05) is 18.6 Å². The average molecular weight is 235 g/mol. The van der Waals surface area contributed by atoms with Gasteiger partial charge < -0.3 is 10.4 Å². The van der Waals surface area contributed by atoms with E-state index in [-0.39, 0.29) is 12.3 Å². The van der Waals surface area contributed by atoms with Gasteiger partial charge in [-0.05, 0) is 12.8 Å². The van der Waals surface area contributed by atoms with Crippen LogP contribution in [-0.2, 0) is 14.6 Å². The molecule has 0 spiro atoms. The van der Waals surface area contributed by atoms with Gasteiger partial charge in [0.1, 0.15) is 9.84 Å². The molecular weight excluding hydrogens is 218 g/mol. The van der Waals surface area contributed by atoms with Gasteiger partial charge in [0.2, 0.25) is 0 Å². The number of rotatable bonds is 6. The van der Waals surface area contributed by atoms with E-state index in [1.54, 1.807) is 0 Å². The van der Waals surface area contributed by atoms with Crippen molar-refractivity contribution in [1.29, 1.82) is 0 Å². The van der Waals surface area contributed by atoms with Crippen molar-refractivity contribution in [3.05, 3.63) is 0 Å². The predicted octanol–water partition coefficient (Wildman–Crippen LogP) is -0.126. The van der Waals surface area contributed by atoms with E-state index in [9.17, 15) is 13.2 Å². The molecule has 15 heavy (non-hydrogen) atoms. The lowest BCUT2D eigenvalue weighted by Crippen LogP contribution is -2.41. The van der Waals surface area contributed by atoms with E-state index >= 15 is 0 Å². The highest BCUT2D eigenvalue weighted by molar-refractivity contribution is 7.90. The molecule has 5 nitrogen and oxygen atoms in total. The first-order chi connectivity index (χ1) is 6.88. The van der Waals surface area contributed by atoms with Crippen LogP contribution in [0.4, 0.5) is 0 Å². The maximum atomic E-state index is 11.0. The average Bonchev–Trinajstić information content (AvgIpc) is 1.96. The Morgan fingerprint density at radius 1 is 1.53 bits per heavy atom. The molecule has 0 aromatic rings. The second kappa shape index (κ2) is 4.94. The minimum Gasteiger partial charge on any atom is -0.481 e. The van der Waals surface area contributed by atoms with Crippen molar-refractivity contribution in [3.8, 4) is 0 Å². The third kappa shape index (κ3) is 4.61. The summed E-state index contributed by atoms with van der Waals surface area (Å²) < 4.78 is 22.0. The smallest absolute Gasteiger partial charge is 0.308 e. The third-order valence-corrected chi connectivity index (χ3v) is 3.62. The Hall–Kier alpha value is -0.620. The third-order valence-electron chi connectivity index (χ3n) is 2.61. The molecule has 0 amide bonds. The monoisotopic (exact) mass is 235 g/mol. The van der Waals surface area contributed by atoms with Gasteiger partial charge in [0, 0.05) is 18.8 Å². The van der Waals surface area contributed by atoms with Gasteiger partial charge in [0.05, 0.1) is 11.7 Å². The lowest BCUT2D eigenvalue weighted by atomic mass is 9.93. The summed E-state index contributed by atoms with van der Waals surface area (Å²) in [6, 6.07) is 0.381. The Bertz CT molecular complexity index is 321. The van der Waals surface area contributed by atoms with Gasteiger partial charge in [-0.15, -0.1) is 0 Å². The largest absolute Gasteiger partial charge is 0.481 e. The second-order valence-corrected chi connectivity index (χ2v) is 6.35. The molecule has 88 valence electrons. The van der Waals surface area contributed by atoms with Gasteiger partial charge in [-0.3, -0.25) is 4.79 Å². The highest BCUT2D eigenvalue weighted by Gasteiger charge is 2.25. The quantitative estimate of drug-likeness (QED) is 0.670. The van der Waals surface area contributed by atoms with Gasteiger partial charge >= 0.3 is 5.97 Å². The number of nitrogens with one attached hydrogen (secondary N) is 1. The molecule has 1 aliphatic rings. The summed E-state index contributed by atoms with van der Waals surface area (Å²) in [5, 5.41) is 11.9. The lowest BCUT2D eigenvalue weighted by Gasteiger charge is -2.27. The fraction of sp³-hybridized carbons (Fsp3) is 0.889. The summed E-state index contributed by atoms with van der Waals surface area (Å²) in [6.45, 7) is 0.243. The van der Waals surface area contributed by atoms with Crippen LogP contribution < -0.4 is 5.32 Å². The van der Waals surface area contributed by atoms with Crippen LogP contribution in [-0.4, -0.2) is 44.1 Å². The maximum absolute atomic E-state index is 11.0. The molecule has 1 unspecified atom stereocenters. The van der Waals surface area contributed by atoms with Crippen molar-refractivity contribution in [1.82, 2.24) is 5.32 Å². The molecule has 1 fully saturated rings. The van der Waals surface area contributed by atoms with Crippen LogP contribution in [0, 0.1) is 5.92 Å². The van der Waals surface area contributed by atoms with E-state index in [0.29, 0.717) is 6.04 Å². The fourth-order valence-corrected chi connectivity index (χ4v) is 2.50. The fourth-order valence-electron chi connectivity index (χ4n) is 1.50. The summed E-state index contributed by atoms with van der Waals surface area (Å²) >= 11 is 0. The van der Waals surface area contributed by atoms with Crippen LogP contribution in [0.25, 0.3) is 0 Å². The molecule has 0 aromatic carbocycles. The molecule has 0 aromatic heterocycles. The molecule has 0 heterocycles. The number of carbonyl (C=O) groups is 1. The van der Waals surface area contributed by atoms with Crippen molar-refractivity contribution >= 4 is 15.8 Å². The SMILES string of the molecule is CS(=O)(=O)CC(CNC1CCC1)C(=O)O. The standard InChI is InChI=1S/C9H17NO4S/c1-15(13,14)6-7(9(11)12)5-10-8-3-2-4-8/h7-8,10H,2-6H2,1H3,(H,11,12). The topological polar surface area (TPSA) is 83.5 Å². The molecule has 1 atom stereocenters.